The second kappa shape index (κ2) is 11.5. The van der Waals surface area contributed by atoms with Crippen LogP contribution in [0.15, 0.2) is 63.7 Å². The van der Waals surface area contributed by atoms with Gasteiger partial charge in [-0.05, 0) is 37.3 Å². The smallest absolute Gasteiger partial charge is 0.870 e. The number of hydrogen-bond acceptors (Lipinski definition) is 10. The largest absolute Gasteiger partial charge is 3.00 e. The number of aryl methyl sites for hydroxylation is 1. The molecule has 0 saturated heterocycles. The van der Waals surface area contributed by atoms with Crippen LogP contribution in [0.25, 0.3) is 5.69 Å². The first kappa shape index (κ1) is 28.9. The summed E-state index contributed by atoms with van der Waals surface area (Å²) in [5, 5.41) is 35.3. The van der Waals surface area contributed by atoms with Crippen molar-refractivity contribution < 1.29 is 80.4 Å². The molecule has 1 heterocycles. The van der Waals surface area contributed by atoms with Crippen LogP contribution in [0.3, 0.4) is 0 Å². The summed E-state index contributed by atoms with van der Waals surface area (Å²) in [6, 6.07) is 10.4. The average Bonchev–Trinajstić information content (AvgIpc) is 2.93. The summed E-state index contributed by atoms with van der Waals surface area (Å²) in [4.78, 5) is 10.7. The van der Waals surface area contributed by atoms with E-state index in [1.165, 1.54) is 37.3 Å². The molecule has 1 aromatic heterocycles. The summed E-state index contributed by atoms with van der Waals surface area (Å²) in [5.74, 6) is -2.08. The summed E-state index contributed by atoms with van der Waals surface area (Å²) in [5.41, 5.74) is 0.156. The molecule has 0 atom stereocenters. The molecule has 155 valence electrons. The van der Waals surface area contributed by atoms with E-state index in [0.29, 0.717) is 0 Å². The predicted octanol–water partition coefficient (Wildman–Crippen LogP) is -2.24. The van der Waals surface area contributed by atoms with E-state index in [9.17, 15) is 28.0 Å². The van der Waals surface area contributed by atoms with E-state index in [1.807, 2.05) is 0 Å². The van der Waals surface area contributed by atoms with Gasteiger partial charge in [-0.25, -0.2) is 13.1 Å². The number of carbonyl (C=O) groups excluding carboxylic acids is 1. The van der Waals surface area contributed by atoms with Gasteiger partial charge in [0.15, 0.2) is 0 Å². The fourth-order valence-electron chi connectivity index (χ4n) is 2.38. The average molecular weight is 491 g/mol. The number of benzene rings is 2. The first-order valence-electron chi connectivity index (χ1n) is 7.73. The minimum atomic E-state index is -4.61. The number of hydrogen-bond donors (Lipinski definition) is 0. The zero-order valence-corrected chi connectivity index (χ0v) is 20.2. The number of aromatic nitrogens is 2. The molecular weight excluding hydrogens is 479 g/mol. The van der Waals surface area contributed by atoms with Crippen molar-refractivity contribution >= 4 is 27.5 Å². The Labute approximate surface area is 209 Å². The second-order valence-corrected chi connectivity index (χ2v) is 6.98. The number of rotatable bonds is 5. The van der Waals surface area contributed by atoms with Gasteiger partial charge >= 0.3 is 46.9 Å². The molecule has 2 aromatic carbocycles. The summed E-state index contributed by atoms with van der Waals surface area (Å²) >= 11 is 0. The van der Waals surface area contributed by atoms with Crippen LogP contribution in [-0.2, 0) is 27.5 Å². The fraction of sp³-hybridized carbons (Fsp3) is 0.0588. The molecule has 1 radical (unpaired) electrons. The molecule has 3 rings (SSSR count). The number of carboxylic acids is 1. The molecule has 0 bridgehead atoms. The molecule has 0 amide bonds. The molecule has 0 saturated carbocycles. The number of carboxylic acid groups (broad SMARTS) is 1. The number of azo groups is 1. The van der Waals surface area contributed by atoms with Gasteiger partial charge in [-0.1, -0.05) is 18.2 Å². The number of aromatic carboxylic acids is 1. The third-order valence-corrected chi connectivity index (χ3v) is 4.59. The van der Waals surface area contributed by atoms with Crippen molar-refractivity contribution in [2.75, 3.05) is 0 Å². The van der Waals surface area contributed by atoms with Crippen molar-refractivity contribution in [3.05, 3.63) is 59.8 Å². The normalized spacial score (nSPS) is 10.6. The molecule has 0 unspecified atom stereocenters. The number of nitrogens with zero attached hydrogens (tertiary/aromatic N) is 4. The summed E-state index contributed by atoms with van der Waals surface area (Å²) in [6.45, 7) is 1.51. The van der Waals surface area contributed by atoms with Crippen molar-refractivity contribution in [3.8, 4) is 11.6 Å². The summed E-state index contributed by atoms with van der Waals surface area (Å²) < 4.78 is 33.9. The van der Waals surface area contributed by atoms with Crippen LogP contribution in [0.4, 0.5) is 11.4 Å². The maximum absolute atomic E-state index is 12.6. The standard InChI is InChI=1S/C17H14N4O6S.Cr.Na.H2O/c1-10-15(19-18-14-5-3-2-4-13(14)17(23)24)16(22)21(20-10)11-6-8-12(9-7-11)28(25,26)27;;;/h2-9,22H,1H3,(H,23,24)(H,25,26,27);;;1H2/q;+3;+1;/p-4. The van der Waals surface area contributed by atoms with E-state index in [4.69, 9.17) is 0 Å². The Morgan fingerprint density at radius 1 is 1.06 bits per heavy atom. The van der Waals surface area contributed by atoms with E-state index in [1.54, 1.807) is 6.07 Å². The van der Waals surface area contributed by atoms with E-state index in [2.05, 4.69) is 15.3 Å². The molecule has 3 aromatic rings. The minimum Gasteiger partial charge on any atom is -0.870 e. The Kier molecular flexibility index (Phi) is 10.7. The third kappa shape index (κ3) is 6.45. The van der Waals surface area contributed by atoms with Crippen LogP contribution >= 0.6 is 0 Å². The maximum atomic E-state index is 12.6. The molecular formula is C17H12CrN4NaO7S. The van der Waals surface area contributed by atoms with Gasteiger partial charge in [0.25, 0.3) is 0 Å². The maximum Gasteiger partial charge on any atom is 3.00 e. The summed E-state index contributed by atoms with van der Waals surface area (Å²) in [6.07, 6.45) is 0. The quantitative estimate of drug-likeness (QED) is 0.217. The Bertz CT molecular complexity index is 1200. The van der Waals surface area contributed by atoms with Crippen LogP contribution in [0, 0.1) is 6.92 Å². The van der Waals surface area contributed by atoms with Crippen molar-refractivity contribution in [2.24, 2.45) is 10.2 Å². The minimum absolute atomic E-state index is 0. The molecule has 14 heteroatoms. The van der Waals surface area contributed by atoms with Gasteiger partial charge in [0, 0.05) is 11.4 Å². The molecule has 11 nitrogen and oxygen atoms in total. The van der Waals surface area contributed by atoms with Crippen molar-refractivity contribution in [1.82, 2.24) is 9.78 Å². The van der Waals surface area contributed by atoms with Crippen molar-refractivity contribution in [2.45, 2.75) is 11.8 Å². The van der Waals surface area contributed by atoms with Gasteiger partial charge < -0.3 is 25.0 Å². The zero-order valence-electron chi connectivity index (χ0n) is 16.1. The molecule has 31 heavy (non-hydrogen) atoms. The Hall–Kier alpha value is -2.08. The molecule has 0 aliphatic carbocycles. The van der Waals surface area contributed by atoms with Gasteiger partial charge in [-0.2, -0.15) is 5.10 Å². The fourth-order valence-corrected chi connectivity index (χ4v) is 2.85. The van der Waals surface area contributed by atoms with E-state index >= 15 is 0 Å². The third-order valence-electron chi connectivity index (χ3n) is 3.74. The first-order valence-corrected chi connectivity index (χ1v) is 9.14. The zero-order chi connectivity index (χ0) is 20.5. The Morgan fingerprint density at radius 3 is 2.19 bits per heavy atom. The van der Waals surface area contributed by atoms with E-state index in [-0.39, 0.29) is 80.7 Å². The van der Waals surface area contributed by atoms with Gasteiger partial charge in [-0.3, -0.25) is 0 Å². The van der Waals surface area contributed by atoms with E-state index in [0.717, 1.165) is 16.8 Å². The Morgan fingerprint density at radius 2 is 1.65 bits per heavy atom. The number of carbonyl (C=O) groups is 1. The monoisotopic (exact) mass is 491 g/mol. The SMILES string of the molecule is Cc1nn(-c2ccc(S(=O)(=O)[O-])cc2)c([O-])c1N=Nc1ccccc1C(=O)[O-].[Cr+3].[Na+].[OH-]. The second-order valence-electron chi connectivity index (χ2n) is 5.60. The van der Waals surface area contributed by atoms with Crippen LogP contribution in [0.2, 0.25) is 0 Å². The van der Waals surface area contributed by atoms with Gasteiger partial charge in [0.05, 0.1) is 27.9 Å². The molecule has 1 N–H and O–H groups in total. The molecule has 0 aliphatic heterocycles. The topological polar surface area (TPSA) is 193 Å². The van der Waals surface area contributed by atoms with E-state index < -0.39 is 26.9 Å². The molecule has 0 fully saturated rings. The van der Waals surface area contributed by atoms with Gasteiger partial charge in [0.2, 0.25) is 0 Å². The van der Waals surface area contributed by atoms with Crippen LogP contribution in [-0.4, -0.2) is 34.2 Å². The van der Waals surface area contributed by atoms with Crippen molar-refractivity contribution in [1.29, 1.82) is 0 Å². The predicted molar refractivity (Wildman–Crippen MR) is 92.6 cm³/mol. The summed E-state index contributed by atoms with van der Waals surface area (Å²) in [7, 11) is -4.61. The van der Waals surface area contributed by atoms with Crippen LogP contribution < -0.4 is 39.8 Å². The van der Waals surface area contributed by atoms with Gasteiger partial charge in [-0.15, -0.1) is 10.2 Å². The molecule has 0 aliphatic rings. The van der Waals surface area contributed by atoms with Gasteiger partial charge in [0.1, 0.15) is 15.8 Å². The van der Waals surface area contributed by atoms with Crippen molar-refractivity contribution in [3.63, 3.8) is 0 Å². The van der Waals surface area contributed by atoms with Crippen LogP contribution in [0.1, 0.15) is 16.1 Å². The first-order chi connectivity index (χ1) is 13.2. The Balaban J connectivity index is 0.00000300. The molecule has 0 spiro atoms. The van der Waals surface area contributed by atoms with Crippen LogP contribution in [0.5, 0.6) is 5.88 Å².